The van der Waals surface area contributed by atoms with Crippen LogP contribution in [0.4, 0.5) is 0 Å². The lowest BCUT2D eigenvalue weighted by Gasteiger charge is -2.31. The summed E-state index contributed by atoms with van der Waals surface area (Å²) < 4.78 is 5.01. The molecule has 78 valence electrons. The maximum Gasteiger partial charge on any atom is 0.0474 e. The fraction of sp³-hybridized carbons (Fsp3) is 1.00. The summed E-state index contributed by atoms with van der Waals surface area (Å²) in [6.45, 7) is 4.58. The lowest BCUT2D eigenvalue weighted by molar-refractivity contribution is 0.108. The van der Waals surface area contributed by atoms with Gasteiger partial charge in [-0.25, -0.2) is 0 Å². The molecule has 0 amide bonds. The van der Waals surface area contributed by atoms with Gasteiger partial charge in [0.2, 0.25) is 0 Å². The molecule has 0 spiro atoms. The molecule has 1 N–H and O–H groups in total. The summed E-state index contributed by atoms with van der Waals surface area (Å²) in [5, 5.41) is 9.03. The van der Waals surface area contributed by atoms with Crippen LogP contribution < -0.4 is 0 Å². The molecule has 0 radical (unpaired) electrons. The van der Waals surface area contributed by atoms with Crippen molar-refractivity contribution in [3.8, 4) is 0 Å². The Labute approximate surface area is 80.7 Å². The highest BCUT2D eigenvalue weighted by Gasteiger charge is 2.18. The van der Waals surface area contributed by atoms with Gasteiger partial charge in [-0.3, -0.25) is 0 Å². The van der Waals surface area contributed by atoms with E-state index in [1.807, 2.05) is 0 Å². The number of ether oxygens (including phenoxy) is 1. The van der Waals surface area contributed by atoms with Crippen molar-refractivity contribution in [1.29, 1.82) is 0 Å². The van der Waals surface area contributed by atoms with Gasteiger partial charge in [0.05, 0.1) is 0 Å². The first-order valence-electron chi connectivity index (χ1n) is 5.19. The van der Waals surface area contributed by atoms with Crippen LogP contribution in [0.2, 0.25) is 0 Å². The van der Waals surface area contributed by atoms with Crippen molar-refractivity contribution in [2.45, 2.75) is 19.3 Å². The molecule has 1 rings (SSSR count). The van der Waals surface area contributed by atoms with Crippen molar-refractivity contribution in [2.75, 3.05) is 40.0 Å². The molecule has 1 aliphatic heterocycles. The molecule has 1 atom stereocenters. The molecule has 13 heavy (non-hydrogen) atoms. The molecule has 0 aromatic rings. The van der Waals surface area contributed by atoms with E-state index in [1.54, 1.807) is 7.11 Å². The lowest BCUT2D eigenvalue weighted by Crippen LogP contribution is -2.37. The first-order chi connectivity index (χ1) is 6.36. The number of likely N-dealkylation sites (tertiary alicyclic amines) is 1. The summed E-state index contributed by atoms with van der Waals surface area (Å²) in [5.74, 6) is 0.510. The van der Waals surface area contributed by atoms with Crippen molar-refractivity contribution in [3.63, 3.8) is 0 Å². The molecular weight excluding hydrogens is 166 g/mol. The summed E-state index contributed by atoms with van der Waals surface area (Å²) in [6, 6.07) is 0. The minimum Gasteiger partial charge on any atom is -0.396 e. The van der Waals surface area contributed by atoms with Crippen LogP contribution in [0, 0.1) is 5.92 Å². The second kappa shape index (κ2) is 6.35. The molecule has 0 aliphatic carbocycles. The number of aliphatic hydroxyl groups is 1. The van der Waals surface area contributed by atoms with E-state index in [2.05, 4.69) is 4.90 Å². The number of hydrogen-bond acceptors (Lipinski definition) is 3. The van der Waals surface area contributed by atoms with Crippen LogP contribution in [0.15, 0.2) is 0 Å². The van der Waals surface area contributed by atoms with E-state index < -0.39 is 0 Å². The number of rotatable bonds is 5. The Kier molecular flexibility index (Phi) is 5.35. The standard InChI is InChI=1S/C10H21NO2/c1-13-7-3-6-11-5-2-4-10(8-11)9-12/h10,12H,2-9H2,1H3. The van der Waals surface area contributed by atoms with Gasteiger partial charge in [-0.15, -0.1) is 0 Å². The number of methoxy groups -OCH3 is 1. The van der Waals surface area contributed by atoms with Crippen molar-refractivity contribution in [3.05, 3.63) is 0 Å². The van der Waals surface area contributed by atoms with Gasteiger partial charge in [-0.1, -0.05) is 0 Å². The van der Waals surface area contributed by atoms with Gasteiger partial charge < -0.3 is 14.7 Å². The molecule has 0 bridgehead atoms. The average molecular weight is 187 g/mol. The Balaban J connectivity index is 2.11. The first kappa shape index (κ1) is 11.0. The maximum absolute atomic E-state index is 9.03. The molecule has 1 saturated heterocycles. The predicted octanol–water partition coefficient (Wildman–Crippen LogP) is 0.727. The monoisotopic (exact) mass is 187 g/mol. The van der Waals surface area contributed by atoms with E-state index in [-0.39, 0.29) is 0 Å². The first-order valence-corrected chi connectivity index (χ1v) is 5.19. The van der Waals surface area contributed by atoms with Crippen molar-refractivity contribution in [1.82, 2.24) is 4.90 Å². The normalized spacial score (nSPS) is 24.9. The van der Waals surface area contributed by atoms with Gasteiger partial charge in [0.15, 0.2) is 0 Å². The van der Waals surface area contributed by atoms with Gasteiger partial charge in [0, 0.05) is 33.4 Å². The van der Waals surface area contributed by atoms with Crippen molar-refractivity contribution < 1.29 is 9.84 Å². The van der Waals surface area contributed by atoms with Gasteiger partial charge in [-0.2, -0.15) is 0 Å². The Morgan fingerprint density at radius 1 is 1.54 bits per heavy atom. The quantitative estimate of drug-likeness (QED) is 0.644. The summed E-state index contributed by atoms with van der Waals surface area (Å²) in [6.07, 6.45) is 3.53. The maximum atomic E-state index is 9.03. The highest BCUT2D eigenvalue weighted by atomic mass is 16.5. The molecule has 1 unspecified atom stereocenters. The zero-order chi connectivity index (χ0) is 9.52. The molecule has 1 fully saturated rings. The third-order valence-corrected chi connectivity index (χ3v) is 2.68. The topological polar surface area (TPSA) is 32.7 Å². The van der Waals surface area contributed by atoms with E-state index in [4.69, 9.17) is 9.84 Å². The molecule has 0 aromatic carbocycles. The zero-order valence-electron chi connectivity index (χ0n) is 8.54. The summed E-state index contributed by atoms with van der Waals surface area (Å²) >= 11 is 0. The van der Waals surface area contributed by atoms with Crippen LogP contribution in [0.5, 0.6) is 0 Å². The van der Waals surface area contributed by atoms with E-state index in [1.165, 1.54) is 19.4 Å². The summed E-state index contributed by atoms with van der Waals surface area (Å²) in [4.78, 5) is 2.43. The molecule has 3 heteroatoms. The van der Waals surface area contributed by atoms with Gasteiger partial charge in [0.25, 0.3) is 0 Å². The fourth-order valence-electron chi connectivity index (χ4n) is 1.94. The van der Waals surface area contributed by atoms with Gasteiger partial charge in [0.1, 0.15) is 0 Å². The Morgan fingerprint density at radius 2 is 2.38 bits per heavy atom. The predicted molar refractivity (Wildman–Crippen MR) is 52.7 cm³/mol. The zero-order valence-corrected chi connectivity index (χ0v) is 8.54. The molecule has 0 aromatic heterocycles. The smallest absolute Gasteiger partial charge is 0.0474 e. The van der Waals surface area contributed by atoms with Crippen LogP contribution in [0.3, 0.4) is 0 Å². The van der Waals surface area contributed by atoms with Crippen LogP contribution in [-0.2, 0) is 4.74 Å². The minimum absolute atomic E-state index is 0.348. The van der Waals surface area contributed by atoms with Crippen molar-refractivity contribution in [2.24, 2.45) is 5.92 Å². The highest BCUT2D eigenvalue weighted by molar-refractivity contribution is 4.71. The number of piperidine rings is 1. The van der Waals surface area contributed by atoms with Gasteiger partial charge in [-0.05, 0) is 31.7 Å². The van der Waals surface area contributed by atoms with Crippen LogP contribution in [-0.4, -0.2) is 50.0 Å². The SMILES string of the molecule is COCCCN1CCCC(CO)C1. The Morgan fingerprint density at radius 3 is 3.08 bits per heavy atom. The second-order valence-corrected chi connectivity index (χ2v) is 3.84. The molecule has 0 saturated carbocycles. The minimum atomic E-state index is 0.348. The Hall–Kier alpha value is -0.120. The van der Waals surface area contributed by atoms with E-state index >= 15 is 0 Å². The largest absolute Gasteiger partial charge is 0.396 e. The molecule has 1 heterocycles. The van der Waals surface area contributed by atoms with Crippen LogP contribution in [0.25, 0.3) is 0 Å². The van der Waals surface area contributed by atoms with Gasteiger partial charge >= 0.3 is 0 Å². The fourth-order valence-corrected chi connectivity index (χ4v) is 1.94. The number of aliphatic hydroxyl groups excluding tert-OH is 1. The van der Waals surface area contributed by atoms with Crippen LogP contribution in [0.1, 0.15) is 19.3 Å². The molecule has 3 nitrogen and oxygen atoms in total. The summed E-state index contributed by atoms with van der Waals surface area (Å²) in [5.41, 5.74) is 0. The number of hydrogen-bond donors (Lipinski definition) is 1. The third kappa shape index (κ3) is 4.07. The summed E-state index contributed by atoms with van der Waals surface area (Å²) in [7, 11) is 1.74. The highest BCUT2D eigenvalue weighted by Crippen LogP contribution is 2.15. The molecular formula is C10H21NO2. The van der Waals surface area contributed by atoms with E-state index in [0.717, 1.165) is 26.1 Å². The van der Waals surface area contributed by atoms with Crippen LogP contribution >= 0.6 is 0 Å². The van der Waals surface area contributed by atoms with E-state index in [9.17, 15) is 0 Å². The third-order valence-electron chi connectivity index (χ3n) is 2.68. The van der Waals surface area contributed by atoms with E-state index in [0.29, 0.717) is 12.5 Å². The average Bonchev–Trinajstić information content (AvgIpc) is 2.19. The molecule has 1 aliphatic rings. The number of nitrogens with zero attached hydrogens (tertiary/aromatic N) is 1. The van der Waals surface area contributed by atoms with Crippen molar-refractivity contribution >= 4 is 0 Å². The second-order valence-electron chi connectivity index (χ2n) is 3.84. The lowest BCUT2D eigenvalue weighted by atomic mass is 9.99. The Bertz CT molecular complexity index is 130.